The fourth-order valence-corrected chi connectivity index (χ4v) is 18.4. The maximum absolute atomic E-state index is 15.8. The first-order valence-electron chi connectivity index (χ1n) is 42.5. The molecule has 12 rings (SSSR count). The molecule has 8 fully saturated rings. The summed E-state index contributed by atoms with van der Waals surface area (Å²) in [5.41, 5.74) is 56.1. The molecule has 127 heavy (non-hydrogen) atoms. The predicted molar refractivity (Wildman–Crippen MR) is 457 cm³/mol. The Bertz CT molecular complexity index is 4690. The largest absolute Gasteiger partial charge is 0.634 e. The molecule has 9 aliphatic heterocycles. The highest BCUT2D eigenvalue weighted by Crippen LogP contribution is 2.33. The van der Waals surface area contributed by atoms with Gasteiger partial charge in [-0.25, -0.2) is 4.79 Å². The second kappa shape index (κ2) is 41.0. The number of nitrogens with zero attached hydrogens (tertiary/aromatic N) is 6. The minimum Gasteiger partial charge on any atom is -0.521 e. The molecule has 47 nitrogen and oxygen atoms in total. The van der Waals surface area contributed by atoms with Crippen molar-refractivity contribution in [3.63, 3.8) is 0 Å². The number of guanidine groups is 4. The fraction of sp³-hybridized carbons (Fsp3) is 0.557. The Hall–Kier alpha value is -12.9. The molecule has 9 heterocycles. The molecule has 8 saturated heterocycles. The van der Waals surface area contributed by atoms with Gasteiger partial charge < -0.3 is 159 Å². The zero-order valence-electron chi connectivity index (χ0n) is 70.0. The van der Waals surface area contributed by atoms with Gasteiger partial charge in [0.25, 0.3) is 5.91 Å². The molecule has 0 aromatic heterocycles. The van der Waals surface area contributed by atoms with E-state index in [9.17, 15) is 48.6 Å². The number of carbonyl (C=O) groups is 13. The summed E-state index contributed by atoms with van der Waals surface area (Å²) in [7, 11) is -1.15. The first-order chi connectivity index (χ1) is 60.4. The van der Waals surface area contributed by atoms with Crippen molar-refractivity contribution in [3.8, 4) is 17.2 Å². The van der Waals surface area contributed by atoms with Crippen molar-refractivity contribution in [1.82, 2.24) is 87.9 Å². The second-order valence-electron chi connectivity index (χ2n) is 34.1. The van der Waals surface area contributed by atoms with Gasteiger partial charge in [-0.2, -0.15) is 0 Å². The number of unbranched alkanes of at least 4 members (excludes halogenated alkanes) is 2. The number of phenolic OH excluding ortho intramolecular Hbond substituents is 2. The van der Waals surface area contributed by atoms with Gasteiger partial charge in [0.15, 0.2) is 23.8 Å². The molecular formula is C79H115BN30O17. The van der Waals surface area contributed by atoms with Crippen LogP contribution in [-0.2, 0) is 63.8 Å². The number of aromatic hydroxyl groups is 2. The maximum Gasteiger partial charge on any atom is 0.634 e. The molecular weight excluding hydrogens is 1650 g/mol. The molecule has 9 aliphatic rings. The number of hydrogen-bond acceptors (Lipinski definition) is 27. The van der Waals surface area contributed by atoms with Gasteiger partial charge in [-0.15, -0.1) is 0 Å². The third-order valence-electron chi connectivity index (χ3n) is 24.5. The van der Waals surface area contributed by atoms with E-state index in [-0.39, 0.29) is 208 Å². The average Bonchev–Trinajstić information content (AvgIpc) is 1.68. The Kier molecular flexibility index (Phi) is 30.1. The molecule has 3 aromatic carbocycles. The monoisotopic (exact) mass is 1770 g/mol. The fourth-order valence-electron chi connectivity index (χ4n) is 18.4. The van der Waals surface area contributed by atoms with Crippen LogP contribution < -0.4 is 120 Å². The number of rotatable bonds is 32. The van der Waals surface area contributed by atoms with E-state index in [1.165, 1.54) is 96.1 Å². The van der Waals surface area contributed by atoms with E-state index in [4.69, 9.17) is 82.5 Å². The van der Waals surface area contributed by atoms with Crippen molar-refractivity contribution in [2.45, 2.75) is 211 Å². The average molecular weight is 1770 g/mol. The minimum absolute atomic E-state index is 0.0104. The lowest BCUT2D eigenvalue weighted by atomic mass is 9.77. The summed E-state index contributed by atoms with van der Waals surface area (Å²) in [5.74, 6) is -10.6. The lowest BCUT2D eigenvalue weighted by molar-refractivity contribution is -0.149. The normalized spacial score (nSPS) is 26.6. The van der Waals surface area contributed by atoms with Crippen molar-refractivity contribution in [1.29, 1.82) is 21.6 Å². The van der Waals surface area contributed by atoms with Crippen LogP contribution in [0.1, 0.15) is 116 Å². The Morgan fingerprint density at radius 1 is 0.449 bits per heavy atom. The highest BCUT2D eigenvalue weighted by molar-refractivity contribution is 6.64. The van der Waals surface area contributed by atoms with Gasteiger partial charge in [-0.1, -0.05) is 24.3 Å². The molecule has 19 atom stereocenters. The van der Waals surface area contributed by atoms with E-state index in [0.29, 0.717) is 17.6 Å². The highest BCUT2D eigenvalue weighted by atomic mass is 16.6. The second-order valence-corrected chi connectivity index (χ2v) is 34.1. The summed E-state index contributed by atoms with van der Waals surface area (Å²) in [6, 6.07) is -2.92. The topological polar surface area (TPSA) is 762 Å². The summed E-state index contributed by atoms with van der Waals surface area (Å²) in [6.45, 7) is -0.277. The molecule has 686 valence electrons. The molecule has 0 unspecified atom stereocenters. The molecule has 0 aliphatic carbocycles. The van der Waals surface area contributed by atoms with Crippen molar-refractivity contribution in [2.24, 2.45) is 51.6 Å². The SMILES string of the molecule is N=C(N)N[C@@H]1C[C@H](C(=O)NCCCC[C@H](NC(=O)[C@H]2C[C@@H](NC(=N)N)CN2C(=O)[C@H]2C[C@@H](N)CN2C(=O)[C@H]2C[C@@H](NC(=N)N)CN2)C(=O)N2C[C@H](N)C[C@@H]2C(=O)N2C[C@H](N)C[C@@H]2C(=O)N[C@@H](CCCCNC(=O)c2ccc(B3OC(=O)c4cc(O)ccc4O3)cc2)C(=O)N[C@@H](Cc2ccc(O)cc2)C(N)=O)N(C(=O)[C@H]2C[C@@H](N)CN2C(=O)[C@H]2C[C@@H](NC(=N)N)CN2)C1. The van der Waals surface area contributed by atoms with E-state index >= 15 is 24.0 Å². The number of carbonyl (C=O) groups excluding carboxylic acids is 13. The van der Waals surface area contributed by atoms with E-state index < -0.39 is 199 Å². The third-order valence-corrected chi connectivity index (χ3v) is 24.5. The standard InChI is InChI=1S/C79H115BN30O17/c81-40-20-56(67(117)102-51(65(115)104-53(63(85)113)19-37-7-13-48(111)14-8-37)5-1-3-17-94-64(114)38-9-11-39(12-10-38)80-126-62-16-15-49(112)28-50(62)75(125)127-80)105(31-40)72(122)59-21-41(82)32-106(59)69(119)52(103-68(118)58-27-47(101-79(92)93)36-110(58)74(124)61-23-43(84)34-108(61)71(121)55-25-45(30-97-55)99-77(88)89)6-2-4-18-95-66(116)57-26-46(100-78(90)91)35-109(57)73(123)60-22-42(83)33-107(60)70(120)54-24-44(29-96-54)98-76(86)87/h7-16,28,40-47,51-61,96-97,111-112H,1-6,17-27,29-36,81-84H2,(H2,85,113)(H,94,114)(H,95,116)(H,102,117)(H,103,118)(H,104,115)(H4,86,87,98)(H4,88,89,99)(H4,90,91,100)(H4,92,93,101)/t40-,41-,42-,43-,44-,45-,46-,47-,51+,52+,53+,54-,55-,56-,57-,58-,59-,60-,61-/m1/s1. The number of nitrogens with two attached hydrogens (primary N) is 9. The number of primary amides is 1. The van der Waals surface area contributed by atoms with Crippen LogP contribution >= 0.6 is 0 Å². The molecule has 3 aromatic rings. The minimum atomic E-state index is -1.55. The highest BCUT2D eigenvalue weighted by Gasteiger charge is 2.53. The molecule has 0 spiro atoms. The lowest BCUT2D eigenvalue weighted by Crippen LogP contribution is -2.59. The smallest absolute Gasteiger partial charge is 0.521 e. The van der Waals surface area contributed by atoms with Crippen LogP contribution in [0.15, 0.2) is 66.7 Å². The van der Waals surface area contributed by atoms with Gasteiger partial charge in [-0.3, -0.25) is 79.2 Å². The number of phenols is 2. The number of hydrogen-bond donors (Lipinski definition) is 26. The number of nitrogens with one attached hydrogen (secondary N) is 15. The van der Waals surface area contributed by atoms with E-state index in [2.05, 4.69) is 58.5 Å². The van der Waals surface area contributed by atoms with Crippen LogP contribution in [0.3, 0.4) is 0 Å². The van der Waals surface area contributed by atoms with Gasteiger partial charge in [0.05, 0.1) is 12.1 Å². The number of amides is 12. The van der Waals surface area contributed by atoms with Crippen molar-refractivity contribution < 1.29 is 81.9 Å². The van der Waals surface area contributed by atoms with Gasteiger partial charge >= 0.3 is 13.1 Å². The van der Waals surface area contributed by atoms with Gasteiger partial charge in [-0.05, 0) is 138 Å². The van der Waals surface area contributed by atoms with E-state index in [0.717, 1.165) is 0 Å². The number of benzene rings is 3. The zero-order chi connectivity index (χ0) is 91.5. The quantitative estimate of drug-likeness (QED) is 0.0119. The van der Waals surface area contributed by atoms with Gasteiger partial charge in [0.1, 0.15) is 77.2 Å². The van der Waals surface area contributed by atoms with Crippen LogP contribution in [0.2, 0.25) is 0 Å². The van der Waals surface area contributed by atoms with Gasteiger partial charge in [0.2, 0.25) is 65.0 Å². The molecule has 0 saturated carbocycles. The predicted octanol–water partition coefficient (Wildman–Crippen LogP) is -10.5. The van der Waals surface area contributed by atoms with Crippen molar-refractivity contribution in [2.75, 3.05) is 65.4 Å². The summed E-state index contributed by atoms with van der Waals surface area (Å²) in [6.07, 6.45) is 0.0946. The first kappa shape index (κ1) is 93.2. The molecule has 48 heteroatoms. The van der Waals surface area contributed by atoms with E-state index in [1.54, 1.807) is 0 Å². The third kappa shape index (κ3) is 23.0. The van der Waals surface area contributed by atoms with Crippen LogP contribution in [0.4, 0.5) is 0 Å². The van der Waals surface area contributed by atoms with Gasteiger partial charge in [0, 0.05) is 131 Å². The summed E-state index contributed by atoms with van der Waals surface area (Å²) >= 11 is 0. The molecule has 35 N–H and O–H groups in total. The summed E-state index contributed by atoms with van der Waals surface area (Å²) in [4.78, 5) is 196. The first-order valence-corrected chi connectivity index (χ1v) is 42.5. The number of likely N-dealkylation sites (tertiary alicyclic amines) is 6. The summed E-state index contributed by atoms with van der Waals surface area (Å²) < 4.78 is 11.3. The van der Waals surface area contributed by atoms with Crippen LogP contribution in [0, 0.1) is 21.6 Å². The Labute approximate surface area is 730 Å². The lowest BCUT2D eigenvalue weighted by Gasteiger charge is -2.34. The Morgan fingerprint density at radius 2 is 0.874 bits per heavy atom. The maximum atomic E-state index is 15.8. The summed E-state index contributed by atoms with van der Waals surface area (Å²) in [5, 5.41) is 82.8. The van der Waals surface area contributed by atoms with Crippen LogP contribution in [0.5, 0.6) is 17.2 Å². The molecule has 0 bridgehead atoms. The Balaban J connectivity index is 0.753. The van der Waals surface area contributed by atoms with E-state index in [1.807, 2.05) is 0 Å². The zero-order valence-corrected chi connectivity index (χ0v) is 70.0. The molecule has 12 amide bonds. The van der Waals surface area contributed by atoms with Crippen molar-refractivity contribution >= 4 is 113 Å². The Morgan fingerprint density at radius 3 is 1.38 bits per heavy atom. The van der Waals surface area contributed by atoms with Crippen LogP contribution in [0.25, 0.3) is 0 Å². The number of fused-ring (bicyclic) bond motifs is 1. The van der Waals surface area contributed by atoms with Crippen molar-refractivity contribution in [3.05, 3.63) is 83.4 Å². The molecule has 0 radical (unpaired) electrons. The van der Waals surface area contributed by atoms with Crippen LogP contribution in [-0.4, -0.2) is 328 Å².